The van der Waals surface area contributed by atoms with Gasteiger partial charge in [0.15, 0.2) is 0 Å². The van der Waals surface area contributed by atoms with Gasteiger partial charge in [-0.2, -0.15) is 0 Å². The van der Waals surface area contributed by atoms with E-state index in [0.29, 0.717) is 38.8 Å². The van der Waals surface area contributed by atoms with Crippen molar-refractivity contribution in [2.24, 2.45) is 17.8 Å². The molecule has 4 fully saturated rings. The molecule has 10 heteroatoms. The molecule has 0 aromatic heterocycles. The number of carbonyl (C=O) groups excluding carboxylic acids is 4. The van der Waals surface area contributed by atoms with E-state index in [1.54, 1.807) is 4.90 Å². The topological polar surface area (TPSA) is 108 Å². The molecule has 2 saturated heterocycles. The minimum Gasteiger partial charge on any atom is -0.338 e. The van der Waals surface area contributed by atoms with Crippen LogP contribution >= 0.6 is 11.6 Å². The van der Waals surface area contributed by atoms with Crippen molar-refractivity contribution in [2.75, 3.05) is 13.1 Å². The third-order valence-electron chi connectivity index (χ3n) is 7.31. The van der Waals surface area contributed by atoms with Gasteiger partial charge in [-0.25, -0.2) is 9.18 Å². The third kappa shape index (κ3) is 4.81. The number of rotatable bonds is 4. The van der Waals surface area contributed by atoms with E-state index in [1.165, 1.54) is 0 Å². The molecule has 2 heterocycles. The molecule has 2 aliphatic heterocycles. The van der Waals surface area contributed by atoms with E-state index in [9.17, 15) is 23.6 Å². The van der Waals surface area contributed by atoms with E-state index in [4.69, 9.17) is 11.6 Å². The van der Waals surface area contributed by atoms with Crippen molar-refractivity contribution in [2.45, 2.75) is 75.0 Å². The van der Waals surface area contributed by atoms with Crippen LogP contribution in [-0.2, 0) is 14.4 Å². The highest BCUT2D eigenvalue weighted by atomic mass is 35.5. The summed E-state index contributed by atoms with van der Waals surface area (Å²) in [5.41, 5.74) is 0. The first-order chi connectivity index (χ1) is 14.8. The molecule has 4 aliphatic rings. The number of fused-ring (bicyclic) bond motifs is 1. The van der Waals surface area contributed by atoms with Gasteiger partial charge in [0.2, 0.25) is 17.7 Å². The molecule has 0 aromatic rings. The molecule has 0 radical (unpaired) electrons. The van der Waals surface area contributed by atoms with Gasteiger partial charge in [0.1, 0.15) is 12.2 Å². The van der Waals surface area contributed by atoms with Gasteiger partial charge in [-0.3, -0.25) is 19.7 Å². The molecular formula is C21H30ClFN4O4. The second-order valence-corrected chi connectivity index (χ2v) is 9.92. The molecule has 2 aliphatic carbocycles. The Hall–Kier alpha value is -1.90. The summed E-state index contributed by atoms with van der Waals surface area (Å²) in [6, 6.07) is -1.53. The Labute approximate surface area is 186 Å². The van der Waals surface area contributed by atoms with Crippen LogP contribution in [0.2, 0.25) is 0 Å². The molecule has 0 spiro atoms. The lowest BCUT2D eigenvalue weighted by molar-refractivity contribution is -0.144. The molecule has 7 atom stereocenters. The molecule has 7 unspecified atom stereocenters. The van der Waals surface area contributed by atoms with Crippen molar-refractivity contribution in [3.8, 4) is 0 Å². The highest BCUT2D eigenvalue weighted by Crippen LogP contribution is 2.41. The van der Waals surface area contributed by atoms with E-state index in [2.05, 4.69) is 16.0 Å². The molecule has 2 saturated carbocycles. The number of imide groups is 1. The van der Waals surface area contributed by atoms with Gasteiger partial charge >= 0.3 is 6.03 Å². The minimum atomic E-state index is -1.24. The van der Waals surface area contributed by atoms with Crippen molar-refractivity contribution in [1.29, 1.82) is 0 Å². The largest absolute Gasteiger partial charge is 0.338 e. The van der Waals surface area contributed by atoms with E-state index in [1.807, 2.05) is 0 Å². The molecule has 31 heavy (non-hydrogen) atoms. The molecule has 0 bridgehead atoms. The fraction of sp³-hybridized carbons (Fsp3) is 0.810. The first-order valence-electron chi connectivity index (χ1n) is 11.3. The van der Waals surface area contributed by atoms with Crippen LogP contribution in [0.15, 0.2) is 0 Å². The molecule has 8 nitrogen and oxygen atoms in total. The van der Waals surface area contributed by atoms with Crippen molar-refractivity contribution >= 4 is 35.4 Å². The predicted molar refractivity (Wildman–Crippen MR) is 111 cm³/mol. The van der Waals surface area contributed by atoms with E-state index in [0.717, 1.165) is 19.3 Å². The summed E-state index contributed by atoms with van der Waals surface area (Å²) in [5, 5.41) is 7.29. The van der Waals surface area contributed by atoms with Crippen LogP contribution in [0.3, 0.4) is 0 Å². The smallest absolute Gasteiger partial charge is 0.315 e. The first kappa shape index (κ1) is 22.3. The Morgan fingerprint density at radius 3 is 2.74 bits per heavy atom. The number of urea groups is 1. The average molecular weight is 457 g/mol. The Morgan fingerprint density at radius 2 is 1.97 bits per heavy atom. The van der Waals surface area contributed by atoms with Gasteiger partial charge in [0.25, 0.3) is 0 Å². The maximum absolute atomic E-state index is 14.2. The first-order valence-corrected chi connectivity index (χ1v) is 11.7. The monoisotopic (exact) mass is 456 g/mol. The maximum atomic E-state index is 14.2. The zero-order chi connectivity index (χ0) is 22.1. The fourth-order valence-corrected chi connectivity index (χ4v) is 5.88. The lowest BCUT2D eigenvalue weighted by Gasteiger charge is -2.32. The van der Waals surface area contributed by atoms with Crippen LogP contribution in [-0.4, -0.2) is 65.4 Å². The van der Waals surface area contributed by atoms with Gasteiger partial charge in [0, 0.05) is 25.4 Å². The van der Waals surface area contributed by atoms with Crippen LogP contribution in [0, 0.1) is 17.8 Å². The fourth-order valence-electron chi connectivity index (χ4n) is 5.55. The quantitative estimate of drug-likeness (QED) is 0.439. The number of piperidine rings is 1. The Morgan fingerprint density at radius 1 is 1.16 bits per heavy atom. The molecule has 0 aromatic carbocycles. The van der Waals surface area contributed by atoms with Crippen molar-refractivity contribution in [1.82, 2.24) is 20.9 Å². The van der Waals surface area contributed by atoms with Crippen molar-refractivity contribution in [3.63, 3.8) is 0 Å². The second-order valence-electron chi connectivity index (χ2n) is 9.36. The summed E-state index contributed by atoms with van der Waals surface area (Å²) in [5.74, 6) is -0.483. The summed E-state index contributed by atoms with van der Waals surface area (Å²) in [6.45, 7) is 0.976. The van der Waals surface area contributed by atoms with Crippen LogP contribution in [0.5, 0.6) is 0 Å². The summed E-state index contributed by atoms with van der Waals surface area (Å²) in [4.78, 5) is 50.4. The third-order valence-corrected chi connectivity index (χ3v) is 7.77. The van der Waals surface area contributed by atoms with Gasteiger partial charge in [-0.15, -0.1) is 11.6 Å². The number of hydrogen-bond acceptors (Lipinski definition) is 4. The van der Waals surface area contributed by atoms with E-state index < -0.39 is 29.7 Å². The Kier molecular flexibility index (Phi) is 6.69. The second kappa shape index (κ2) is 9.30. The summed E-state index contributed by atoms with van der Waals surface area (Å²) in [7, 11) is 0. The average Bonchev–Trinajstić information content (AvgIpc) is 3.06. The highest BCUT2D eigenvalue weighted by Gasteiger charge is 2.48. The van der Waals surface area contributed by atoms with Crippen LogP contribution in [0.1, 0.15) is 51.4 Å². The Balaban J connectivity index is 1.26. The van der Waals surface area contributed by atoms with Gasteiger partial charge in [0.05, 0.1) is 11.4 Å². The van der Waals surface area contributed by atoms with E-state index >= 15 is 0 Å². The van der Waals surface area contributed by atoms with Crippen molar-refractivity contribution < 1.29 is 23.6 Å². The number of likely N-dealkylation sites (tertiary alicyclic amines) is 1. The zero-order valence-electron chi connectivity index (χ0n) is 17.4. The molecule has 5 amide bonds. The predicted octanol–water partition coefficient (Wildman–Crippen LogP) is 1.46. The van der Waals surface area contributed by atoms with Gasteiger partial charge in [-0.05, 0) is 56.8 Å². The number of nitrogens with one attached hydrogen (secondary N) is 3. The molecule has 4 rings (SSSR count). The Bertz CT molecular complexity index is 753. The number of nitrogens with zero attached hydrogens (tertiary/aromatic N) is 1. The van der Waals surface area contributed by atoms with Crippen LogP contribution in [0.4, 0.5) is 9.18 Å². The SMILES string of the molecule is O=C1CCC(N2CC3CCC(CNC(=O)NC4CCCC(Cl)C4F)CC3C2=O)C(=O)N1. The number of amides is 5. The van der Waals surface area contributed by atoms with Crippen LogP contribution < -0.4 is 16.0 Å². The summed E-state index contributed by atoms with van der Waals surface area (Å²) in [6.07, 6.45) is 3.78. The van der Waals surface area contributed by atoms with Gasteiger partial charge < -0.3 is 15.5 Å². The number of carbonyl (C=O) groups is 4. The lowest BCUT2D eigenvalue weighted by atomic mass is 9.75. The normalized spacial score (nSPS) is 38.5. The standard InChI is InChI=1S/C21H30ClFN4O4/c22-14-2-1-3-15(18(14)23)25-21(31)24-9-11-4-5-12-10-27(20(30)13(12)8-11)16-6-7-17(28)26-19(16)29/h11-16,18H,1-10H2,(H2,24,25,31)(H,26,28,29). The number of halogens is 2. The van der Waals surface area contributed by atoms with Crippen LogP contribution in [0.25, 0.3) is 0 Å². The lowest BCUT2D eigenvalue weighted by Crippen LogP contribution is -2.53. The summed E-state index contributed by atoms with van der Waals surface area (Å²) >= 11 is 5.97. The molecular weight excluding hydrogens is 427 g/mol. The van der Waals surface area contributed by atoms with E-state index in [-0.39, 0.29) is 41.9 Å². The summed E-state index contributed by atoms with van der Waals surface area (Å²) < 4.78 is 14.2. The van der Waals surface area contributed by atoms with Crippen molar-refractivity contribution in [3.05, 3.63) is 0 Å². The number of alkyl halides is 2. The minimum absolute atomic E-state index is 0.0238. The maximum Gasteiger partial charge on any atom is 0.315 e. The highest BCUT2D eigenvalue weighted by molar-refractivity contribution is 6.21. The van der Waals surface area contributed by atoms with Gasteiger partial charge in [-0.1, -0.05) is 0 Å². The molecule has 172 valence electrons. The zero-order valence-corrected chi connectivity index (χ0v) is 18.2. The molecule has 3 N–H and O–H groups in total. The number of hydrogen-bond donors (Lipinski definition) is 3.